The molecule has 0 bridgehead atoms. The minimum Gasteiger partial charge on any atom is -0.396 e. The third-order valence-corrected chi connectivity index (χ3v) is 4.79. The first kappa shape index (κ1) is 22.3. The second kappa shape index (κ2) is 11.8. The second-order valence-corrected chi connectivity index (χ2v) is 6.75. The molecule has 0 radical (unpaired) electrons. The van der Waals surface area contributed by atoms with Crippen LogP contribution in [-0.4, -0.2) is 55.3 Å². The molecule has 1 fully saturated rings. The number of aliphatic hydroxyl groups excluding tert-OH is 1. The highest BCUT2D eigenvalue weighted by atomic mass is 127. The van der Waals surface area contributed by atoms with Crippen LogP contribution in [0.25, 0.3) is 0 Å². The number of nitrogens with zero attached hydrogens (tertiary/aromatic N) is 3. The van der Waals surface area contributed by atoms with Gasteiger partial charge in [-0.3, -0.25) is 4.99 Å². The normalized spacial score (nSPS) is 16.5. The number of halogens is 2. The summed E-state index contributed by atoms with van der Waals surface area (Å²) in [4.78, 5) is 9.05. The number of hydrogen-bond donors (Lipinski definition) is 2. The van der Waals surface area contributed by atoms with Crippen LogP contribution in [0.4, 0.5) is 5.69 Å². The van der Waals surface area contributed by atoms with Crippen molar-refractivity contribution in [3.8, 4) is 0 Å². The van der Waals surface area contributed by atoms with Crippen LogP contribution in [0.5, 0.6) is 0 Å². The first-order valence-electron chi connectivity index (χ1n) is 8.80. The van der Waals surface area contributed by atoms with Crippen LogP contribution in [0.15, 0.2) is 29.3 Å². The summed E-state index contributed by atoms with van der Waals surface area (Å²) in [5, 5.41) is 9.89. The number of nitrogens with two attached hydrogens (primary N) is 1. The summed E-state index contributed by atoms with van der Waals surface area (Å²) in [6.45, 7) is 6.68. The van der Waals surface area contributed by atoms with Gasteiger partial charge in [-0.2, -0.15) is 0 Å². The molecule has 0 saturated carbocycles. The first-order valence-corrected chi connectivity index (χ1v) is 9.18. The largest absolute Gasteiger partial charge is 0.396 e. The van der Waals surface area contributed by atoms with E-state index in [0.717, 1.165) is 50.5 Å². The Kier molecular flexibility index (Phi) is 10.5. The van der Waals surface area contributed by atoms with Crippen molar-refractivity contribution in [2.24, 2.45) is 16.6 Å². The van der Waals surface area contributed by atoms with Crippen LogP contribution < -0.4 is 10.6 Å². The molecule has 0 spiro atoms. The molecule has 3 N–H and O–H groups in total. The molecule has 0 amide bonds. The van der Waals surface area contributed by atoms with Crippen molar-refractivity contribution in [1.82, 2.24) is 4.90 Å². The lowest BCUT2D eigenvalue weighted by molar-refractivity contribution is 0.253. The van der Waals surface area contributed by atoms with Crippen molar-refractivity contribution >= 4 is 47.2 Å². The summed E-state index contributed by atoms with van der Waals surface area (Å²) in [6, 6.07) is 7.96. The predicted molar refractivity (Wildman–Crippen MR) is 117 cm³/mol. The SMILES string of the molecule is CCCC(CCO)CN=C(N)N1CCN(c2ccc(Cl)cc2)CC1.I. The number of benzene rings is 1. The van der Waals surface area contributed by atoms with E-state index >= 15 is 0 Å². The molecule has 7 heteroatoms. The maximum absolute atomic E-state index is 9.13. The zero-order valence-corrected chi connectivity index (χ0v) is 18.0. The van der Waals surface area contributed by atoms with Gasteiger partial charge in [0.15, 0.2) is 5.96 Å². The summed E-state index contributed by atoms with van der Waals surface area (Å²) in [5.41, 5.74) is 7.37. The Balaban J connectivity index is 0.00000312. The standard InChI is InChI=1S/C18H29ClN4O.HI/c1-2-3-15(8-13-24)14-21-18(20)23-11-9-22(10-12-23)17-6-4-16(19)5-7-17;/h4-7,15,24H,2-3,8-14H2,1H3,(H2,20,21);1H. The smallest absolute Gasteiger partial charge is 0.191 e. The summed E-state index contributed by atoms with van der Waals surface area (Å²) in [6.07, 6.45) is 3.00. The zero-order chi connectivity index (χ0) is 17.4. The molecule has 1 atom stereocenters. The fourth-order valence-electron chi connectivity index (χ4n) is 3.09. The molecule has 25 heavy (non-hydrogen) atoms. The molecule has 0 aliphatic carbocycles. The van der Waals surface area contributed by atoms with Gasteiger partial charge in [0.2, 0.25) is 0 Å². The van der Waals surface area contributed by atoms with E-state index in [0.29, 0.717) is 18.4 Å². The summed E-state index contributed by atoms with van der Waals surface area (Å²) in [7, 11) is 0. The quantitative estimate of drug-likeness (QED) is 0.357. The Morgan fingerprint density at radius 2 is 1.84 bits per heavy atom. The van der Waals surface area contributed by atoms with Gasteiger partial charge in [-0.25, -0.2) is 0 Å². The molecule has 1 aliphatic heterocycles. The molecule has 1 saturated heterocycles. The van der Waals surface area contributed by atoms with E-state index < -0.39 is 0 Å². The van der Waals surface area contributed by atoms with Crippen molar-refractivity contribution in [3.05, 3.63) is 29.3 Å². The van der Waals surface area contributed by atoms with Gasteiger partial charge in [0.1, 0.15) is 0 Å². The van der Waals surface area contributed by atoms with Crippen molar-refractivity contribution in [2.45, 2.75) is 26.2 Å². The number of piperazine rings is 1. The Morgan fingerprint density at radius 3 is 2.40 bits per heavy atom. The van der Waals surface area contributed by atoms with Crippen molar-refractivity contribution in [2.75, 3.05) is 44.2 Å². The van der Waals surface area contributed by atoms with Crippen molar-refractivity contribution in [1.29, 1.82) is 0 Å². The number of guanidine groups is 1. The van der Waals surface area contributed by atoms with Crippen LogP contribution in [0.3, 0.4) is 0 Å². The van der Waals surface area contributed by atoms with E-state index in [4.69, 9.17) is 22.4 Å². The average Bonchev–Trinajstić information content (AvgIpc) is 2.60. The molecule has 1 heterocycles. The molecular formula is C18H30ClIN4O. The molecule has 1 aliphatic rings. The predicted octanol–water partition coefficient (Wildman–Crippen LogP) is 3.19. The highest BCUT2D eigenvalue weighted by Crippen LogP contribution is 2.19. The molecule has 1 aromatic carbocycles. The van der Waals surface area contributed by atoms with Crippen molar-refractivity contribution < 1.29 is 5.11 Å². The van der Waals surface area contributed by atoms with Crippen LogP contribution in [0.1, 0.15) is 26.2 Å². The third-order valence-electron chi connectivity index (χ3n) is 4.54. The van der Waals surface area contributed by atoms with Crippen LogP contribution in [-0.2, 0) is 0 Å². The summed E-state index contributed by atoms with van der Waals surface area (Å²) in [5.74, 6) is 1.05. The number of hydrogen-bond acceptors (Lipinski definition) is 3. The highest BCUT2D eigenvalue weighted by Gasteiger charge is 2.18. The van der Waals surface area contributed by atoms with Gasteiger partial charge in [0.25, 0.3) is 0 Å². The molecule has 2 rings (SSSR count). The summed E-state index contributed by atoms with van der Waals surface area (Å²) >= 11 is 5.95. The Morgan fingerprint density at radius 1 is 1.20 bits per heavy atom. The monoisotopic (exact) mass is 480 g/mol. The summed E-state index contributed by atoms with van der Waals surface area (Å²) < 4.78 is 0. The van der Waals surface area contributed by atoms with Crippen LogP contribution >= 0.6 is 35.6 Å². The van der Waals surface area contributed by atoms with Gasteiger partial charge >= 0.3 is 0 Å². The average molecular weight is 481 g/mol. The van der Waals surface area contributed by atoms with Gasteiger partial charge in [-0.05, 0) is 43.0 Å². The Hall–Kier alpha value is -0.730. The number of rotatable bonds is 7. The van der Waals surface area contributed by atoms with Crippen LogP contribution in [0.2, 0.25) is 5.02 Å². The van der Waals surface area contributed by atoms with Crippen molar-refractivity contribution in [3.63, 3.8) is 0 Å². The van der Waals surface area contributed by atoms with E-state index in [-0.39, 0.29) is 30.6 Å². The maximum Gasteiger partial charge on any atom is 0.191 e. The lowest BCUT2D eigenvalue weighted by Crippen LogP contribution is -2.51. The number of aliphatic hydroxyl groups is 1. The van der Waals surface area contributed by atoms with E-state index in [1.807, 2.05) is 12.1 Å². The lowest BCUT2D eigenvalue weighted by Gasteiger charge is -2.36. The molecule has 1 aromatic rings. The fourth-order valence-corrected chi connectivity index (χ4v) is 3.21. The van der Waals surface area contributed by atoms with Crippen LogP contribution in [0, 0.1) is 5.92 Å². The zero-order valence-electron chi connectivity index (χ0n) is 14.9. The van der Waals surface area contributed by atoms with E-state index in [1.165, 1.54) is 5.69 Å². The second-order valence-electron chi connectivity index (χ2n) is 6.32. The Labute approximate surface area is 173 Å². The van der Waals surface area contributed by atoms with Gasteiger partial charge in [-0.1, -0.05) is 24.9 Å². The first-order chi connectivity index (χ1) is 11.6. The molecular weight excluding hydrogens is 451 g/mol. The lowest BCUT2D eigenvalue weighted by atomic mass is 10.0. The van der Waals surface area contributed by atoms with Gasteiger partial charge in [0.05, 0.1) is 0 Å². The molecule has 142 valence electrons. The van der Waals surface area contributed by atoms with Gasteiger partial charge in [-0.15, -0.1) is 24.0 Å². The molecule has 0 aromatic heterocycles. The van der Waals surface area contributed by atoms with E-state index in [1.54, 1.807) is 0 Å². The van der Waals surface area contributed by atoms with Gasteiger partial charge < -0.3 is 20.6 Å². The minimum atomic E-state index is 0. The topological polar surface area (TPSA) is 65.1 Å². The maximum atomic E-state index is 9.13. The van der Waals surface area contributed by atoms with Gasteiger partial charge in [0, 0.05) is 50.0 Å². The molecule has 5 nitrogen and oxygen atoms in total. The molecule has 1 unspecified atom stereocenters. The number of aliphatic imine (C=N–C) groups is 1. The van der Waals surface area contributed by atoms with E-state index in [9.17, 15) is 0 Å². The highest BCUT2D eigenvalue weighted by molar-refractivity contribution is 14.0. The minimum absolute atomic E-state index is 0. The Bertz CT molecular complexity index is 512. The fraction of sp³-hybridized carbons (Fsp3) is 0.611. The third kappa shape index (κ3) is 7.19. The van der Waals surface area contributed by atoms with E-state index in [2.05, 4.69) is 33.8 Å². The number of anilines is 1.